The number of hydrogen-bond acceptors (Lipinski definition) is 4. The molecular weight excluding hydrogens is 626 g/mol. The Balaban J connectivity index is 2.10. The minimum Gasteiger partial charge on any atom is -0.354 e. The van der Waals surface area contributed by atoms with E-state index in [-0.39, 0.29) is 11.4 Å². The van der Waals surface area contributed by atoms with Crippen LogP contribution in [0.2, 0.25) is 10.0 Å². The number of carbonyl (C=O) groups is 2. The predicted octanol–water partition coefficient (Wildman–Crippen LogP) is 6.85. The van der Waals surface area contributed by atoms with Crippen LogP contribution in [0.1, 0.15) is 43.4 Å². The molecule has 13 heteroatoms. The highest BCUT2D eigenvalue weighted by Crippen LogP contribution is 2.38. The highest BCUT2D eigenvalue weighted by molar-refractivity contribution is 7.92. The number of unbranched alkanes of at least 4 members (excludes halogenated alkanes) is 1. The molecule has 3 aromatic rings. The Kier molecular flexibility index (Phi) is 11.5. The van der Waals surface area contributed by atoms with Gasteiger partial charge in [0.2, 0.25) is 11.8 Å². The van der Waals surface area contributed by atoms with Crippen molar-refractivity contribution in [2.45, 2.75) is 57.3 Å². The van der Waals surface area contributed by atoms with Crippen molar-refractivity contribution in [3.63, 3.8) is 0 Å². The second kappa shape index (κ2) is 14.5. The Labute approximate surface area is 259 Å². The Bertz CT molecular complexity index is 1550. The van der Waals surface area contributed by atoms with Gasteiger partial charge in [-0.05, 0) is 68.3 Å². The fourth-order valence-corrected chi connectivity index (χ4v) is 6.05. The van der Waals surface area contributed by atoms with Gasteiger partial charge in [0.1, 0.15) is 12.6 Å². The number of nitrogens with zero attached hydrogens (tertiary/aromatic N) is 2. The van der Waals surface area contributed by atoms with Gasteiger partial charge in [-0.1, -0.05) is 66.4 Å². The van der Waals surface area contributed by atoms with Gasteiger partial charge in [-0.3, -0.25) is 13.9 Å². The Morgan fingerprint density at radius 2 is 1.67 bits per heavy atom. The van der Waals surface area contributed by atoms with Crippen molar-refractivity contribution in [3.05, 3.63) is 93.5 Å². The summed E-state index contributed by atoms with van der Waals surface area (Å²) in [5.74, 6) is -1.29. The van der Waals surface area contributed by atoms with Crippen LogP contribution in [0.3, 0.4) is 0 Å². The van der Waals surface area contributed by atoms with Crippen LogP contribution in [0.5, 0.6) is 0 Å². The van der Waals surface area contributed by atoms with Gasteiger partial charge in [0, 0.05) is 18.1 Å². The lowest BCUT2D eigenvalue weighted by Crippen LogP contribution is -2.51. The van der Waals surface area contributed by atoms with Crippen molar-refractivity contribution in [1.29, 1.82) is 0 Å². The molecule has 0 fully saturated rings. The van der Waals surface area contributed by atoms with Crippen molar-refractivity contribution in [2.75, 3.05) is 17.4 Å². The highest BCUT2D eigenvalue weighted by Gasteiger charge is 2.37. The molecule has 1 atom stereocenters. The minimum atomic E-state index is -4.89. The van der Waals surface area contributed by atoms with Gasteiger partial charge in [0.15, 0.2) is 0 Å². The number of sulfonamides is 1. The summed E-state index contributed by atoms with van der Waals surface area (Å²) in [7, 11) is -4.56. The first-order valence-corrected chi connectivity index (χ1v) is 15.6. The van der Waals surface area contributed by atoms with Crippen molar-refractivity contribution >= 4 is 50.7 Å². The number of alkyl halides is 3. The number of halogens is 5. The van der Waals surface area contributed by atoms with Gasteiger partial charge in [-0.15, -0.1) is 0 Å². The molecule has 0 aliphatic carbocycles. The van der Waals surface area contributed by atoms with E-state index in [0.29, 0.717) is 33.9 Å². The maximum atomic E-state index is 13.9. The summed E-state index contributed by atoms with van der Waals surface area (Å²) in [4.78, 5) is 27.9. The second-order valence-electron chi connectivity index (χ2n) is 9.96. The molecule has 3 rings (SSSR count). The summed E-state index contributed by atoms with van der Waals surface area (Å²) in [6.07, 6.45) is -3.35. The zero-order valence-electron chi connectivity index (χ0n) is 23.8. The number of hydrogen-bond donors (Lipinski definition) is 1. The quantitative estimate of drug-likeness (QED) is 0.216. The van der Waals surface area contributed by atoms with E-state index in [0.717, 1.165) is 24.1 Å². The smallest absolute Gasteiger partial charge is 0.354 e. The van der Waals surface area contributed by atoms with Crippen LogP contribution >= 0.6 is 23.2 Å². The molecule has 0 radical (unpaired) electrons. The third-order valence-corrected chi connectivity index (χ3v) is 9.02. The number of rotatable bonds is 12. The van der Waals surface area contributed by atoms with E-state index < -0.39 is 56.9 Å². The standard InChI is InChI=1S/C30H32Cl2F3N3O4S/c1-4-5-15-36-29(40)21(3)37(18-22-7-6-8-23(31)16-22)28(39)19-38(43(41,42)25-12-9-20(2)10-13-25)24-11-14-27(32)26(17-24)30(33,34)35/h6-14,16-17,21H,4-5,15,18-19H2,1-3H3,(H,36,40). The maximum absolute atomic E-state index is 13.9. The molecule has 0 aliphatic rings. The van der Waals surface area contributed by atoms with Crippen molar-refractivity contribution in [2.24, 2.45) is 0 Å². The number of benzene rings is 3. The molecule has 1 N–H and O–H groups in total. The van der Waals surface area contributed by atoms with E-state index in [1.165, 1.54) is 36.1 Å². The van der Waals surface area contributed by atoms with Gasteiger partial charge in [0.05, 0.1) is 21.2 Å². The van der Waals surface area contributed by atoms with Crippen LogP contribution in [-0.4, -0.2) is 44.3 Å². The van der Waals surface area contributed by atoms with Gasteiger partial charge in [0.25, 0.3) is 10.0 Å². The Morgan fingerprint density at radius 3 is 2.28 bits per heavy atom. The molecular formula is C30H32Cl2F3N3O4S. The molecule has 3 aromatic carbocycles. The van der Waals surface area contributed by atoms with Crippen LogP contribution in [0.15, 0.2) is 71.6 Å². The monoisotopic (exact) mass is 657 g/mol. The molecule has 0 heterocycles. The van der Waals surface area contributed by atoms with E-state index >= 15 is 0 Å². The van der Waals surface area contributed by atoms with E-state index in [9.17, 15) is 31.2 Å². The SMILES string of the molecule is CCCCNC(=O)C(C)N(Cc1cccc(Cl)c1)C(=O)CN(c1ccc(Cl)c(C(F)(F)F)c1)S(=O)(=O)c1ccc(C)cc1. The fraction of sp³-hybridized carbons (Fsp3) is 0.333. The fourth-order valence-electron chi connectivity index (χ4n) is 4.20. The first-order chi connectivity index (χ1) is 20.1. The molecule has 0 aromatic heterocycles. The van der Waals surface area contributed by atoms with Crippen molar-refractivity contribution in [1.82, 2.24) is 10.2 Å². The summed E-state index contributed by atoms with van der Waals surface area (Å²) in [6, 6.07) is 13.8. The van der Waals surface area contributed by atoms with E-state index in [2.05, 4.69) is 5.32 Å². The molecule has 232 valence electrons. The third-order valence-electron chi connectivity index (χ3n) is 6.67. The summed E-state index contributed by atoms with van der Waals surface area (Å²) < 4.78 is 69.6. The first-order valence-electron chi connectivity index (χ1n) is 13.4. The summed E-state index contributed by atoms with van der Waals surface area (Å²) in [6.45, 7) is 4.54. The Morgan fingerprint density at radius 1 is 1.00 bits per heavy atom. The second-order valence-corrected chi connectivity index (χ2v) is 12.7. The lowest BCUT2D eigenvalue weighted by Gasteiger charge is -2.32. The average Bonchev–Trinajstić information content (AvgIpc) is 2.94. The van der Waals surface area contributed by atoms with Crippen molar-refractivity contribution < 1.29 is 31.2 Å². The molecule has 1 unspecified atom stereocenters. The molecule has 2 amide bonds. The zero-order valence-corrected chi connectivity index (χ0v) is 26.1. The number of aryl methyl sites for hydroxylation is 1. The topological polar surface area (TPSA) is 86.8 Å². The van der Waals surface area contributed by atoms with Gasteiger partial charge in [-0.2, -0.15) is 13.2 Å². The number of carbonyl (C=O) groups excluding carboxylic acids is 2. The van der Waals surface area contributed by atoms with Crippen LogP contribution in [0, 0.1) is 6.92 Å². The molecule has 43 heavy (non-hydrogen) atoms. The molecule has 0 spiro atoms. The van der Waals surface area contributed by atoms with Crippen molar-refractivity contribution in [3.8, 4) is 0 Å². The third kappa shape index (κ3) is 8.87. The molecule has 0 bridgehead atoms. The number of nitrogens with one attached hydrogen (secondary N) is 1. The predicted molar refractivity (Wildman–Crippen MR) is 162 cm³/mol. The maximum Gasteiger partial charge on any atom is 0.417 e. The number of amides is 2. The molecule has 0 saturated heterocycles. The summed E-state index contributed by atoms with van der Waals surface area (Å²) in [5, 5.41) is 2.52. The van der Waals surface area contributed by atoms with E-state index in [4.69, 9.17) is 23.2 Å². The van der Waals surface area contributed by atoms with Crippen LogP contribution < -0.4 is 9.62 Å². The Hall–Kier alpha value is -3.28. The van der Waals surface area contributed by atoms with Crippen LogP contribution in [0.4, 0.5) is 18.9 Å². The first kappa shape index (κ1) is 34.2. The van der Waals surface area contributed by atoms with Gasteiger partial charge < -0.3 is 10.2 Å². The van der Waals surface area contributed by atoms with Crippen LogP contribution in [0.25, 0.3) is 0 Å². The average molecular weight is 659 g/mol. The van der Waals surface area contributed by atoms with Crippen LogP contribution in [-0.2, 0) is 32.3 Å². The molecule has 0 aliphatic heterocycles. The minimum absolute atomic E-state index is 0.116. The normalized spacial score (nSPS) is 12.5. The summed E-state index contributed by atoms with van der Waals surface area (Å²) >= 11 is 11.9. The largest absolute Gasteiger partial charge is 0.417 e. The highest BCUT2D eigenvalue weighted by atomic mass is 35.5. The number of anilines is 1. The molecule has 0 saturated carbocycles. The zero-order chi connectivity index (χ0) is 31.9. The van der Waals surface area contributed by atoms with E-state index in [1.54, 1.807) is 31.2 Å². The lowest BCUT2D eigenvalue weighted by atomic mass is 10.1. The van der Waals surface area contributed by atoms with E-state index in [1.807, 2.05) is 6.92 Å². The van der Waals surface area contributed by atoms with Gasteiger partial charge in [-0.25, -0.2) is 8.42 Å². The molecule has 7 nitrogen and oxygen atoms in total. The lowest BCUT2D eigenvalue weighted by molar-refractivity contribution is -0.139. The van der Waals surface area contributed by atoms with Gasteiger partial charge >= 0.3 is 6.18 Å². The summed E-state index contributed by atoms with van der Waals surface area (Å²) in [5.41, 5.74) is -0.369.